The predicted octanol–water partition coefficient (Wildman–Crippen LogP) is 1.48. The van der Waals surface area contributed by atoms with Crippen LogP contribution in [-0.2, 0) is 13.5 Å². The van der Waals surface area contributed by atoms with Gasteiger partial charge in [-0.05, 0) is 0 Å². The Kier molecular flexibility index (Phi) is 1.60. The van der Waals surface area contributed by atoms with Crippen molar-refractivity contribution in [2.75, 3.05) is 6.61 Å². The van der Waals surface area contributed by atoms with Gasteiger partial charge in [0, 0.05) is 19.4 Å². The molecule has 2 heterocycles. The summed E-state index contributed by atoms with van der Waals surface area (Å²) in [6.45, 7) is 5.10. The van der Waals surface area contributed by atoms with Gasteiger partial charge in [-0.3, -0.25) is 0 Å². The molecule has 12 heavy (non-hydrogen) atoms. The zero-order valence-electron chi connectivity index (χ0n) is 7.79. The summed E-state index contributed by atoms with van der Waals surface area (Å²) >= 11 is 0. The van der Waals surface area contributed by atoms with Gasteiger partial charge in [0.2, 0.25) is 5.88 Å². The molecular weight excluding hydrogens is 152 g/mol. The number of fused-ring (bicyclic) bond motifs is 1. The van der Waals surface area contributed by atoms with E-state index in [-0.39, 0.29) is 0 Å². The molecule has 0 spiro atoms. The molecule has 1 aliphatic rings. The van der Waals surface area contributed by atoms with E-state index < -0.39 is 0 Å². The highest BCUT2D eigenvalue weighted by Gasteiger charge is 2.21. The van der Waals surface area contributed by atoms with Gasteiger partial charge >= 0.3 is 0 Å². The number of nitrogens with zero attached hydrogens (tertiary/aromatic N) is 2. The van der Waals surface area contributed by atoms with E-state index in [2.05, 4.69) is 23.4 Å². The van der Waals surface area contributed by atoms with Gasteiger partial charge in [0.05, 0.1) is 6.61 Å². The second-order valence-corrected chi connectivity index (χ2v) is 3.53. The molecule has 0 unspecified atom stereocenters. The van der Waals surface area contributed by atoms with Crippen molar-refractivity contribution in [2.24, 2.45) is 7.05 Å². The zero-order valence-corrected chi connectivity index (χ0v) is 7.79. The van der Waals surface area contributed by atoms with Gasteiger partial charge in [-0.15, -0.1) is 0 Å². The average Bonchev–Trinajstić information content (AvgIpc) is 2.53. The molecule has 0 bridgehead atoms. The molecule has 3 heteroatoms. The largest absolute Gasteiger partial charge is 0.477 e. The summed E-state index contributed by atoms with van der Waals surface area (Å²) in [6, 6.07) is 0. The number of hydrogen-bond donors (Lipinski definition) is 0. The number of ether oxygens (including phenoxy) is 1. The summed E-state index contributed by atoms with van der Waals surface area (Å²) in [4.78, 5) is 4.53. The lowest BCUT2D eigenvalue weighted by Gasteiger charge is -2.06. The second-order valence-electron chi connectivity index (χ2n) is 3.53. The van der Waals surface area contributed by atoms with E-state index in [1.807, 2.05) is 7.05 Å². The van der Waals surface area contributed by atoms with Gasteiger partial charge < -0.3 is 9.30 Å². The van der Waals surface area contributed by atoms with Gasteiger partial charge in [-0.2, -0.15) is 0 Å². The third-order valence-electron chi connectivity index (χ3n) is 2.24. The predicted molar refractivity (Wildman–Crippen MR) is 46.5 cm³/mol. The van der Waals surface area contributed by atoms with Crippen LogP contribution in [0.3, 0.4) is 0 Å². The van der Waals surface area contributed by atoms with Crippen molar-refractivity contribution in [3.05, 3.63) is 11.5 Å². The molecule has 3 nitrogen and oxygen atoms in total. The Bertz CT molecular complexity index is 302. The van der Waals surface area contributed by atoms with E-state index >= 15 is 0 Å². The monoisotopic (exact) mass is 166 g/mol. The third kappa shape index (κ3) is 0.924. The van der Waals surface area contributed by atoms with Crippen LogP contribution in [0.2, 0.25) is 0 Å². The molecule has 0 aromatic carbocycles. The maximum atomic E-state index is 5.46. The van der Waals surface area contributed by atoms with Gasteiger partial charge in [-0.25, -0.2) is 4.98 Å². The van der Waals surface area contributed by atoms with Crippen molar-refractivity contribution >= 4 is 0 Å². The first-order valence-corrected chi connectivity index (χ1v) is 4.38. The van der Waals surface area contributed by atoms with Crippen molar-refractivity contribution in [3.63, 3.8) is 0 Å². The van der Waals surface area contributed by atoms with Gasteiger partial charge in [0.25, 0.3) is 0 Å². The smallest absolute Gasteiger partial charge is 0.217 e. The van der Waals surface area contributed by atoms with Crippen molar-refractivity contribution < 1.29 is 4.74 Å². The summed E-state index contributed by atoms with van der Waals surface area (Å²) in [5, 5.41) is 0. The molecule has 0 fully saturated rings. The fourth-order valence-corrected chi connectivity index (χ4v) is 1.66. The van der Waals surface area contributed by atoms with Crippen LogP contribution in [0.4, 0.5) is 0 Å². The van der Waals surface area contributed by atoms with E-state index in [0.29, 0.717) is 5.92 Å². The summed E-state index contributed by atoms with van der Waals surface area (Å²) in [6.07, 6.45) is 0.968. The highest BCUT2D eigenvalue weighted by atomic mass is 16.5. The minimum Gasteiger partial charge on any atom is -0.477 e. The topological polar surface area (TPSA) is 27.1 Å². The van der Waals surface area contributed by atoms with Crippen LogP contribution in [0, 0.1) is 0 Å². The van der Waals surface area contributed by atoms with Gasteiger partial charge in [-0.1, -0.05) is 13.8 Å². The first kappa shape index (κ1) is 7.65. The van der Waals surface area contributed by atoms with Crippen molar-refractivity contribution in [1.29, 1.82) is 0 Å². The average molecular weight is 166 g/mol. The quantitative estimate of drug-likeness (QED) is 0.631. The molecule has 2 rings (SSSR count). The number of hydrogen-bond acceptors (Lipinski definition) is 2. The second kappa shape index (κ2) is 2.51. The van der Waals surface area contributed by atoms with Crippen LogP contribution in [0.1, 0.15) is 31.3 Å². The SMILES string of the molecule is CC(C)c1nc2c(n1C)OCC2. The lowest BCUT2D eigenvalue weighted by molar-refractivity contribution is 0.329. The minimum atomic E-state index is 0.476. The lowest BCUT2D eigenvalue weighted by atomic mass is 10.2. The summed E-state index contributed by atoms with van der Waals surface area (Å²) in [7, 11) is 2.02. The molecule has 0 saturated carbocycles. The van der Waals surface area contributed by atoms with Gasteiger partial charge in [0.1, 0.15) is 11.5 Å². The fraction of sp³-hybridized carbons (Fsp3) is 0.667. The van der Waals surface area contributed by atoms with Gasteiger partial charge in [0.15, 0.2) is 0 Å². The Hall–Kier alpha value is -0.990. The van der Waals surface area contributed by atoms with Crippen LogP contribution in [-0.4, -0.2) is 16.2 Å². The summed E-state index contributed by atoms with van der Waals surface area (Å²) in [5.74, 6) is 2.57. The minimum absolute atomic E-state index is 0.476. The lowest BCUT2D eigenvalue weighted by Crippen LogP contribution is -2.03. The van der Waals surface area contributed by atoms with E-state index in [1.54, 1.807) is 0 Å². The van der Waals surface area contributed by atoms with Crippen molar-refractivity contribution in [1.82, 2.24) is 9.55 Å². The Labute approximate surface area is 72.4 Å². The van der Waals surface area contributed by atoms with Crippen LogP contribution in [0.25, 0.3) is 0 Å². The first-order valence-electron chi connectivity index (χ1n) is 4.38. The Morgan fingerprint density at radius 3 is 2.83 bits per heavy atom. The maximum absolute atomic E-state index is 5.46. The number of aromatic nitrogens is 2. The molecule has 0 N–H and O–H groups in total. The first-order chi connectivity index (χ1) is 5.70. The fourth-order valence-electron chi connectivity index (χ4n) is 1.66. The molecule has 1 aliphatic heterocycles. The highest BCUT2D eigenvalue weighted by molar-refractivity contribution is 5.27. The highest BCUT2D eigenvalue weighted by Crippen LogP contribution is 2.27. The van der Waals surface area contributed by atoms with Crippen LogP contribution < -0.4 is 4.74 Å². The third-order valence-corrected chi connectivity index (χ3v) is 2.24. The summed E-state index contributed by atoms with van der Waals surface area (Å²) < 4.78 is 7.52. The van der Waals surface area contributed by atoms with E-state index in [1.165, 1.54) is 0 Å². The molecule has 0 saturated heterocycles. The molecule has 0 aliphatic carbocycles. The molecular formula is C9H14N2O. The maximum Gasteiger partial charge on any atom is 0.217 e. The molecule has 1 aromatic rings. The van der Waals surface area contributed by atoms with Crippen molar-refractivity contribution in [3.8, 4) is 5.88 Å². The Balaban J connectivity index is 2.47. The molecule has 0 atom stereocenters. The van der Waals surface area contributed by atoms with E-state index in [0.717, 1.165) is 30.4 Å². The molecule has 1 aromatic heterocycles. The Morgan fingerprint density at radius 1 is 1.50 bits per heavy atom. The molecule has 0 amide bonds. The number of rotatable bonds is 1. The molecule has 0 radical (unpaired) electrons. The van der Waals surface area contributed by atoms with Crippen LogP contribution in [0.5, 0.6) is 5.88 Å². The molecule has 66 valence electrons. The normalized spacial score (nSPS) is 15.0. The standard InChI is InChI=1S/C9H14N2O/c1-6(2)8-10-7-4-5-12-9(7)11(8)3/h6H,4-5H2,1-3H3. The summed E-state index contributed by atoms with van der Waals surface area (Å²) in [5.41, 5.74) is 1.13. The Morgan fingerprint density at radius 2 is 2.25 bits per heavy atom. The van der Waals surface area contributed by atoms with Crippen molar-refractivity contribution in [2.45, 2.75) is 26.2 Å². The van der Waals surface area contributed by atoms with E-state index in [4.69, 9.17) is 4.74 Å². The van der Waals surface area contributed by atoms with Crippen LogP contribution in [0.15, 0.2) is 0 Å². The van der Waals surface area contributed by atoms with E-state index in [9.17, 15) is 0 Å². The van der Waals surface area contributed by atoms with Crippen LogP contribution >= 0.6 is 0 Å². The zero-order chi connectivity index (χ0) is 8.72. The number of imidazole rings is 1.